The maximum absolute atomic E-state index is 17.7. The van der Waals surface area contributed by atoms with E-state index in [2.05, 4.69) is 9.97 Å². The molecule has 5 aromatic rings. The molecule has 0 amide bonds. The molecule has 0 bridgehead atoms. The van der Waals surface area contributed by atoms with Gasteiger partial charge in [0.05, 0.1) is 59.7 Å². The number of benzene rings is 2. The predicted molar refractivity (Wildman–Crippen MR) is 207 cm³/mol. The minimum absolute atomic E-state index is 0.0583. The highest BCUT2D eigenvalue weighted by Gasteiger charge is 2.50. The largest absolute Gasteiger partial charge is 0.490 e. The number of hydrogen-bond acceptors (Lipinski definition) is 13. The van der Waals surface area contributed by atoms with E-state index in [1.807, 2.05) is 11.0 Å². The fourth-order valence-corrected chi connectivity index (χ4v) is 10.2. The van der Waals surface area contributed by atoms with Crippen LogP contribution in [0.5, 0.6) is 11.8 Å². The van der Waals surface area contributed by atoms with Crippen LogP contribution in [0.15, 0.2) is 30.5 Å². The van der Waals surface area contributed by atoms with E-state index in [9.17, 15) is 9.65 Å². The molecule has 19 heteroatoms. The number of nitrogen functional groups attached to an aromatic ring is 2. The summed E-state index contributed by atoms with van der Waals surface area (Å²) in [5.41, 5.74) is 8.54. The molecule has 3 aromatic heterocycles. The number of aromatic nitrogens is 3. The second kappa shape index (κ2) is 15.1. The Hall–Kier alpha value is -5.16. The SMILES string of the molecule is N#Cc1c(N)sc2c(F)ccc(-c3c(C(F)(F)F)c4c5c(nc(OC[C@@]67CCCN6C[C@H](F)C7)nc5c3F)N([C@H](CCC3COCCO3)c3cccnc3N)CCO4)c12. The van der Waals surface area contributed by atoms with Crippen molar-refractivity contribution in [2.45, 2.75) is 62.1 Å². The van der Waals surface area contributed by atoms with Gasteiger partial charge in [0, 0.05) is 35.7 Å². The quantitative estimate of drug-likeness (QED) is 0.143. The van der Waals surface area contributed by atoms with Crippen molar-refractivity contribution in [1.29, 1.82) is 5.26 Å². The van der Waals surface area contributed by atoms with Crippen LogP contribution in [-0.2, 0) is 15.7 Å². The molecule has 0 radical (unpaired) electrons. The highest BCUT2D eigenvalue weighted by atomic mass is 32.1. The molecule has 7 heterocycles. The number of halogens is 6. The van der Waals surface area contributed by atoms with E-state index in [1.54, 1.807) is 17.0 Å². The van der Waals surface area contributed by atoms with Gasteiger partial charge < -0.3 is 35.3 Å². The van der Waals surface area contributed by atoms with Crippen molar-refractivity contribution in [2.24, 2.45) is 0 Å². The number of rotatable bonds is 9. The maximum atomic E-state index is 17.7. The van der Waals surface area contributed by atoms with Gasteiger partial charge in [-0.05, 0) is 49.9 Å². The summed E-state index contributed by atoms with van der Waals surface area (Å²) in [5, 5.41) is 9.21. The fourth-order valence-electron chi connectivity index (χ4n) is 9.25. The molecule has 9 rings (SSSR count). The van der Waals surface area contributed by atoms with Crippen LogP contribution < -0.4 is 25.8 Å². The Labute approximate surface area is 337 Å². The number of pyridine rings is 1. The molecule has 3 saturated heterocycles. The summed E-state index contributed by atoms with van der Waals surface area (Å²) in [7, 11) is 0. The number of fused-ring (bicyclic) bond motifs is 2. The van der Waals surface area contributed by atoms with Crippen molar-refractivity contribution in [3.05, 3.63) is 58.8 Å². The minimum Gasteiger partial charge on any atom is -0.490 e. The van der Waals surface area contributed by atoms with Gasteiger partial charge in [-0.15, -0.1) is 11.3 Å². The van der Waals surface area contributed by atoms with Crippen molar-refractivity contribution >= 4 is 49.0 Å². The minimum atomic E-state index is -5.27. The van der Waals surface area contributed by atoms with Gasteiger partial charge in [0.2, 0.25) is 0 Å². The Kier molecular flexibility index (Phi) is 10.1. The first-order valence-electron chi connectivity index (χ1n) is 19.2. The van der Waals surface area contributed by atoms with E-state index < -0.39 is 63.5 Å². The van der Waals surface area contributed by atoms with Gasteiger partial charge in [-0.25, -0.2) is 18.2 Å². The Morgan fingerprint density at radius 3 is 2.71 bits per heavy atom. The normalized spacial score (nSPS) is 22.6. The standard InChI is InChI=1S/C40H38F6N8O4S/c41-20-15-39(8-2-10-53(39)17-20)19-58-38-51-32-29-33(30(40(44,45)46)28(31(32)43)23-5-6-25(42)34-27(23)24(16-47)36(49)59-34)57-12-11-54(37(29)52-38)26(22-3-1-9-50-35(22)48)7-4-21-18-55-13-14-56-21/h1,3,5-6,9,20-21,26H,2,4,7-8,10-15,17-19,49H2,(H2,48,50)/t20-,21?,26-,39+/m1/s1. The number of ether oxygens (including phenoxy) is 4. The van der Waals surface area contributed by atoms with Crippen LogP contribution in [0.2, 0.25) is 0 Å². The van der Waals surface area contributed by atoms with Gasteiger partial charge in [0.15, 0.2) is 5.82 Å². The second-order valence-electron chi connectivity index (χ2n) is 15.2. The number of anilines is 3. The molecule has 4 atom stereocenters. The summed E-state index contributed by atoms with van der Waals surface area (Å²) in [5.74, 6) is -3.01. The van der Waals surface area contributed by atoms with Crippen LogP contribution in [0.25, 0.3) is 32.1 Å². The van der Waals surface area contributed by atoms with E-state index in [4.69, 9.17) is 35.4 Å². The summed E-state index contributed by atoms with van der Waals surface area (Å²) in [6.45, 7) is 1.60. The third kappa shape index (κ3) is 6.79. The molecule has 0 aliphatic carbocycles. The Bertz CT molecular complexity index is 2490. The van der Waals surface area contributed by atoms with E-state index >= 15 is 22.0 Å². The van der Waals surface area contributed by atoms with Crippen LogP contribution in [0, 0.1) is 23.0 Å². The second-order valence-corrected chi connectivity index (χ2v) is 16.3. The molecule has 12 nitrogen and oxygen atoms in total. The van der Waals surface area contributed by atoms with E-state index in [0.29, 0.717) is 62.5 Å². The van der Waals surface area contributed by atoms with Crippen molar-refractivity contribution in [3.8, 4) is 29.0 Å². The number of thiophene rings is 1. The molecule has 310 valence electrons. The first-order valence-corrected chi connectivity index (χ1v) is 20.1. The molecular weight excluding hydrogens is 803 g/mol. The van der Waals surface area contributed by atoms with Gasteiger partial charge in [0.1, 0.15) is 64.7 Å². The van der Waals surface area contributed by atoms with Crippen molar-refractivity contribution in [3.63, 3.8) is 0 Å². The number of hydrogen-bond donors (Lipinski definition) is 2. The Morgan fingerprint density at radius 2 is 1.95 bits per heavy atom. The van der Waals surface area contributed by atoms with Crippen molar-refractivity contribution in [2.75, 3.05) is 69.0 Å². The average Bonchev–Trinajstić information content (AvgIpc) is 3.82. The number of nitrogens with zero attached hydrogens (tertiary/aromatic N) is 6. The lowest BCUT2D eigenvalue weighted by Crippen LogP contribution is -2.43. The number of alkyl halides is 4. The summed E-state index contributed by atoms with van der Waals surface area (Å²) in [6.07, 6.45) is -2.73. The monoisotopic (exact) mass is 840 g/mol. The average molecular weight is 841 g/mol. The summed E-state index contributed by atoms with van der Waals surface area (Å²) < 4.78 is 118. The lowest BCUT2D eigenvalue weighted by atomic mass is 9.91. The van der Waals surface area contributed by atoms with Crippen molar-refractivity contribution < 1.29 is 45.3 Å². The predicted octanol–water partition coefficient (Wildman–Crippen LogP) is 7.33. The first-order chi connectivity index (χ1) is 28.4. The lowest BCUT2D eigenvalue weighted by Gasteiger charge is -2.34. The van der Waals surface area contributed by atoms with E-state index in [1.165, 1.54) is 6.20 Å². The lowest BCUT2D eigenvalue weighted by molar-refractivity contribution is -0.138. The molecule has 3 fully saturated rings. The fraction of sp³-hybridized carbons (Fsp3) is 0.450. The number of nitriles is 1. The smallest absolute Gasteiger partial charge is 0.420 e. The molecule has 4 N–H and O–H groups in total. The zero-order valence-electron chi connectivity index (χ0n) is 31.5. The third-order valence-corrected chi connectivity index (χ3v) is 12.8. The highest BCUT2D eigenvalue weighted by Crippen LogP contribution is 2.54. The molecule has 1 unspecified atom stereocenters. The molecule has 4 aliphatic rings. The van der Waals surface area contributed by atoms with Gasteiger partial charge in [-0.3, -0.25) is 4.90 Å². The van der Waals surface area contributed by atoms with Gasteiger partial charge >= 0.3 is 12.2 Å². The zero-order chi connectivity index (χ0) is 41.2. The van der Waals surface area contributed by atoms with Crippen LogP contribution in [-0.4, -0.2) is 90.3 Å². The number of nitrogens with two attached hydrogens (primary N) is 2. The van der Waals surface area contributed by atoms with E-state index in [-0.39, 0.29) is 82.5 Å². The Balaban J connectivity index is 1.29. The van der Waals surface area contributed by atoms with Gasteiger partial charge in [-0.1, -0.05) is 12.1 Å². The molecular formula is C40H38F6N8O4S. The van der Waals surface area contributed by atoms with E-state index in [0.717, 1.165) is 18.6 Å². The van der Waals surface area contributed by atoms with Crippen LogP contribution in [0.4, 0.5) is 43.0 Å². The van der Waals surface area contributed by atoms with Gasteiger partial charge in [0.25, 0.3) is 0 Å². The van der Waals surface area contributed by atoms with Crippen LogP contribution >= 0.6 is 11.3 Å². The topological polar surface area (TPSA) is 158 Å². The molecule has 0 spiro atoms. The summed E-state index contributed by atoms with van der Waals surface area (Å²) >= 11 is 0.664. The third-order valence-electron chi connectivity index (χ3n) is 11.8. The van der Waals surface area contributed by atoms with Crippen LogP contribution in [0.1, 0.15) is 54.8 Å². The first kappa shape index (κ1) is 39.3. The summed E-state index contributed by atoms with van der Waals surface area (Å²) in [6, 6.07) is 6.09. The molecule has 2 aromatic carbocycles. The highest BCUT2D eigenvalue weighted by molar-refractivity contribution is 7.23. The Morgan fingerprint density at radius 1 is 1.10 bits per heavy atom. The van der Waals surface area contributed by atoms with Crippen molar-refractivity contribution in [1.82, 2.24) is 19.9 Å². The van der Waals surface area contributed by atoms with Gasteiger partial charge in [-0.2, -0.15) is 28.4 Å². The molecule has 59 heavy (non-hydrogen) atoms. The zero-order valence-corrected chi connectivity index (χ0v) is 32.3. The molecule has 4 aliphatic heterocycles. The molecule has 0 saturated carbocycles. The maximum Gasteiger partial charge on any atom is 0.420 e. The summed E-state index contributed by atoms with van der Waals surface area (Å²) in [4.78, 5) is 17.2. The van der Waals surface area contributed by atoms with Crippen LogP contribution in [0.3, 0.4) is 0 Å².